The highest BCUT2D eigenvalue weighted by molar-refractivity contribution is 5.72. The molecule has 2 aromatic carbocycles. The first-order valence-electron chi connectivity index (χ1n) is 8.01. The van der Waals surface area contributed by atoms with Gasteiger partial charge in [0.15, 0.2) is 0 Å². The van der Waals surface area contributed by atoms with E-state index in [9.17, 15) is 0 Å². The Hall–Kier alpha value is -3.06. The molecule has 25 heavy (non-hydrogen) atoms. The minimum absolute atomic E-state index is 0.268. The van der Waals surface area contributed by atoms with Gasteiger partial charge in [0.1, 0.15) is 17.6 Å². The smallest absolute Gasteiger partial charge is 0.239 e. The van der Waals surface area contributed by atoms with Crippen LogP contribution in [0.15, 0.2) is 59.0 Å². The maximum atomic E-state index is 5.65. The number of aromatic nitrogens is 5. The number of hydrogen-bond donors (Lipinski definition) is 1. The van der Waals surface area contributed by atoms with E-state index in [-0.39, 0.29) is 6.04 Å². The zero-order chi connectivity index (χ0) is 17.6. The molecule has 2 N–H and O–H groups in total. The lowest BCUT2D eigenvalue weighted by atomic mass is 10.2. The third-order valence-electron chi connectivity index (χ3n) is 3.42. The predicted octanol–water partition coefficient (Wildman–Crippen LogP) is 2.88. The number of nitrogens with zero attached hydrogens (tertiary/aromatic N) is 5. The molecule has 1 atom stereocenters. The molecule has 4 rings (SSSR count). The number of rotatable bonds is 3. The Kier molecular flexibility index (Phi) is 5.15. The van der Waals surface area contributed by atoms with Gasteiger partial charge in [0.2, 0.25) is 11.8 Å². The van der Waals surface area contributed by atoms with Gasteiger partial charge < -0.3 is 10.2 Å². The van der Waals surface area contributed by atoms with Crippen LogP contribution in [0.5, 0.6) is 0 Å². The Morgan fingerprint density at radius 1 is 0.960 bits per heavy atom. The van der Waals surface area contributed by atoms with E-state index < -0.39 is 0 Å². The van der Waals surface area contributed by atoms with Crippen LogP contribution in [-0.4, -0.2) is 25.2 Å². The molecule has 0 fully saturated rings. The van der Waals surface area contributed by atoms with Crippen LogP contribution in [-0.2, 0) is 6.54 Å². The van der Waals surface area contributed by atoms with Gasteiger partial charge in [0.25, 0.3) is 0 Å². The van der Waals surface area contributed by atoms with Crippen LogP contribution in [0, 0.1) is 6.92 Å². The summed E-state index contributed by atoms with van der Waals surface area (Å²) in [6.45, 7) is 4.21. The fourth-order valence-electron chi connectivity index (χ4n) is 2.14. The zero-order valence-corrected chi connectivity index (χ0v) is 14.2. The summed E-state index contributed by atoms with van der Waals surface area (Å²) in [6.07, 6.45) is 0. The van der Waals surface area contributed by atoms with Gasteiger partial charge in [-0.25, -0.2) is 0 Å². The summed E-state index contributed by atoms with van der Waals surface area (Å²) in [4.78, 5) is 1.53. The molecule has 1 unspecified atom stereocenters. The quantitative estimate of drug-likeness (QED) is 0.618. The van der Waals surface area contributed by atoms with Gasteiger partial charge in [-0.05, 0) is 26.0 Å². The fourth-order valence-corrected chi connectivity index (χ4v) is 2.14. The summed E-state index contributed by atoms with van der Waals surface area (Å²) in [5.41, 5.74) is 8.64. The highest BCUT2D eigenvalue weighted by Crippen LogP contribution is 2.10. The summed E-state index contributed by atoms with van der Waals surface area (Å²) in [7, 11) is 0. The predicted molar refractivity (Wildman–Crippen MR) is 94.7 cm³/mol. The van der Waals surface area contributed by atoms with Crippen LogP contribution < -0.4 is 5.73 Å². The molecule has 0 bridgehead atoms. The zero-order valence-electron chi connectivity index (χ0n) is 14.2. The lowest BCUT2D eigenvalue weighted by Crippen LogP contribution is -2.05. The van der Waals surface area contributed by atoms with Crippen molar-refractivity contribution in [3.63, 3.8) is 0 Å². The standard InChI is InChI=1S/C11H12N6O.C7H8/c1-7(12)11-14-13-10(18-11)6-17-15-8-4-2-3-5-9(8)16-17;1-7-5-3-2-4-6-7/h2-5,7H,6,12H2,1H3;2-6H,1H3. The van der Waals surface area contributed by atoms with Crippen molar-refractivity contribution in [1.29, 1.82) is 0 Å². The van der Waals surface area contributed by atoms with Crippen molar-refractivity contribution in [2.24, 2.45) is 5.73 Å². The molecular weight excluding hydrogens is 316 g/mol. The van der Waals surface area contributed by atoms with Crippen molar-refractivity contribution < 1.29 is 4.42 Å². The van der Waals surface area contributed by atoms with Crippen LogP contribution in [0.3, 0.4) is 0 Å². The topological polar surface area (TPSA) is 95.7 Å². The first-order valence-corrected chi connectivity index (χ1v) is 8.01. The normalized spacial score (nSPS) is 11.8. The first kappa shape index (κ1) is 16.8. The molecule has 7 nitrogen and oxygen atoms in total. The number of fused-ring (bicyclic) bond motifs is 1. The van der Waals surface area contributed by atoms with Gasteiger partial charge in [-0.15, -0.1) is 10.2 Å². The van der Waals surface area contributed by atoms with Crippen LogP contribution in [0.25, 0.3) is 11.0 Å². The molecule has 0 aliphatic rings. The maximum Gasteiger partial charge on any atom is 0.239 e. The molecule has 0 aliphatic carbocycles. The molecule has 2 aromatic heterocycles. The molecule has 2 heterocycles. The van der Waals surface area contributed by atoms with Crippen molar-refractivity contribution in [1.82, 2.24) is 25.2 Å². The molecular formula is C18H20N6O. The van der Waals surface area contributed by atoms with Crippen LogP contribution in [0.1, 0.15) is 30.3 Å². The highest BCUT2D eigenvalue weighted by Gasteiger charge is 2.11. The van der Waals surface area contributed by atoms with Crippen LogP contribution >= 0.6 is 0 Å². The van der Waals surface area contributed by atoms with Crippen LogP contribution in [0.2, 0.25) is 0 Å². The number of benzene rings is 2. The van der Waals surface area contributed by atoms with E-state index in [1.807, 2.05) is 42.5 Å². The number of nitrogens with two attached hydrogens (primary N) is 1. The van der Waals surface area contributed by atoms with Gasteiger partial charge in [0, 0.05) is 0 Å². The number of aryl methyl sites for hydroxylation is 1. The summed E-state index contributed by atoms with van der Waals surface area (Å²) >= 11 is 0. The molecule has 7 heteroatoms. The second-order valence-corrected chi connectivity index (χ2v) is 5.70. The molecule has 0 spiro atoms. The average Bonchev–Trinajstić information content (AvgIpc) is 3.22. The average molecular weight is 336 g/mol. The lowest BCUT2D eigenvalue weighted by molar-refractivity contribution is 0.402. The van der Waals surface area contributed by atoms with E-state index >= 15 is 0 Å². The number of hydrogen-bond acceptors (Lipinski definition) is 6. The Morgan fingerprint density at radius 3 is 2.04 bits per heavy atom. The van der Waals surface area contributed by atoms with Crippen molar-refractivity contribution in [2.45, 2.75) is 26.4 Å². The molecule has 4 aromatic rings. The van der Waals surface area contributed by atoms with Gasteiger partial charge in [-0.2, -0.15) is 15.0 Å². The van der Waals surface area contributed by atoms with E-state index in [4.69, 9.17) is 10.2 Å². The second kappa shape index (κ2) is 7.67. The second-order valence-electron chi connectivity index (χ2n) is 5.70. The summed E-state index contributed by atoms with van der Waals surface area (Å²) in [5.74, 6) is 0.865. The van der Waals surface area contributed by atoms with E-state index in [2.05, 4.69) is 39.5 Å². The van der Waals surface area contributed by atoms with Crippen molar-refractivity contribution in [3.05, 3.63) is 71.9 Å². The van der Waals surface area contributed by atoms with E-state index in [0.717, 1.165) is 11.0 Å². The molecule has 0 saturated heterocycles. The molecule has 0 amide bonds. The Labute approximate surface area is 145 Å². The molecule has 128 valence electrons. The van der Waals surface area contributed by atoms with Gasteiger partial charge in [-0.3, -0.25) is 0 Å². The summed E-state index contributed by atoms with van der Waals surface area (Å²) in [6, 6.07) is 17.6. The molecule has 0 radical (unpaired) electrons. The maximum absolute atomic E-state index is 5.65. The van der Waals surface area contributed by atoms with E-state index in [1.165, 1.54) is 10.4 Å². The minimum Gasteiger partial charge on any atom is -0.421 e. The summed E-state index contributed by atoms with van der Waals surface area (Å²) in [5, 5.41) is 16.4. The minimum atomic E-state index is -0.268. The molecule has 0 aliphatic heterocycles. The largest absolute Gasteiger partial charge is 0.421 e. The summed E-state index contributed by atoms with van der Waals surface area (Å²) < 4.78 is 5.40. The third-order valence-corrected chi connectivity index (χ3v) is 3.42. The first-order chi connectivity index (χ1) is 12.1. The van der Waals surface area contributed by atoms with Gasteiger partial charge in [0.05, 0.1) is 6.04 Å². The Morgan fingerprint density at radius 2 is 1.56 bits per heavy atom. The lowest BCUT2D eigenvalue weighted by Gasteiger charge is -1.95. The van der Waals surface area contributed by atoms with Crippen LogP contribution in [0.4, 0.5) is 0 Å². The third kappa shape index (κ3) is 4.48. The van der Waals surface area contributed by atoms with Gasteiger partial charge in [-0.1, -0.05) is 48.0 Å². The Balaban J connectivity index is 0.000000219. The van der Waals surface area contributed by atoms with Gasteiger partial charge >= 0.3 is 0 Å². The van der Waals surface area contributed by atoms with Crippen molar-refractivity contribution in [3.8, 4) is 0 Å². The monoisotopic (exact) mass is 336 g/mol. The van der Waals surface area contributed by atoms with E-state index in [0.29, 0.717) is 18.3 Å². The highest BCUT2D eigenvalue weighted by atomic mass is 16.4. The van der Waals surface area contributed by atoms with Crippen molar-refractivity contribution in [2.75, 3.05) is 0 Å². The van der Waals surface area contributed by atoms with Crippen molar-refractivity contribution >= 4 is 11.0 Å². The molecule has 0 saturated carbocycles. The van der Waals surface area contributed by atoms with E-state index in [1.54, 1.807) is 6.92 Å². The Bertz CT molecular complexity index is 896. The fraction of sp³-hybridized carbons (Fsp3) is 0.222. The SMILES string of the molecule is CC(N)c1nnc(Cn2nc3ccccc3n2)o1.Cc1ccccc1.